The van der Waals surface area contributed by atoms with Gasteiger partial charge in [0.25, 0.3) is 5.69 Å². The van der Waals surface area contributed by atoms with Crippen LogP contribution < -0.4 is 10.2 Å². The summed E-state index contributed by atoms with van der Waals surface area (Å²) >= 11 is 6.11. The molecule has 126 valence electrons. The first kappa shape index (κ1) is 16.6. The Hall–Kier alpha value is -2.25. The molecule has 8 heteroatoms. The van der Waals surface area contributed by atoms with Crippen LogP contribution in [0.5, 0.6) is 0 Å². The molecule has 2 heterocycles. The number of nitrogens with one attached hydrogen (secondary N) is 1. The molecule has 0 spiro atoms. The van der Waals surface area contributed by atoms with Gasteiger partial charge in [-0.1, -0.05) is 11.6 Å². The molecule has 1 N–H and O–H groups in total. The summed E-state index contributed by atoms with van der Waals surface area (Å²) in [5, 5.41) is 14.7. The average molecular weight is 351 g/mol. The van der Waals surface area contributed by atoms with Gasteiger partial charge in [-0.05, 0) is 30.2 Å². The zero-order valence-electron chi connectivity index (χ0n) is 12.8. The van der Waals surface area contributed by atoms with Crippen molar-refractivity contribution < 1.29 is 9.31 Å². The molecular weight excluding hydrogens is 335 g/mol. The lowest BCUT2D eigenvalue weighted by Gasteiger charge is -2.18. The Kier molecular flexibility index (Phi) is 4.92. The molecule has 1 aliphatic rings. The number of anilines is 1. The zero-order chi connectivity index (χ0) is 17.1. The van der Waals surface area contributed by atoms with Crippen LogP contribution in [0.15, 0.2) is 36.5 Å². The van der Waals surface area contributed by atoms with Gasteiger partial charge in [0.2, 0.25) is 5.95 Å². The number of benzene rings is 1. The quantitative estimate of drug-likeness (QED) is 0.509. The van der Waals surface area contributed by atoms with Gasteiger partial charge in [-0.15, -0.1) is 0 Å². The fourth-order valence-corrected chi connectivity index (χ4v) is 2.97. The van der Waals surface area contributed by atoms with Gasteiger partial charge in [0.05, 0.1) is 16.8 Å². The fourth-order valence-electron chi connectivity index (χ4n) is 2.78. The summed E-state index contributed by atoms with van der Waals surface area (Å²) in [5.41, 5.74) is 1.61. The molecule has 0 saturated carbocycles. The number of rotatable bonds is 5. The number of nitrogens with zero attached hydrogens (tertiary/aromatic N) is 3. The van der Waals surface area contributed by atoms with Crippen molar-refractivity contribution in [2.75, 3.05) is 18.0 Å². The number of pyridine rings is 1. The van der Waals surface area contributed by atoms with E-state index in [1.54, 1.807) is 12.1 Å². The average Bonchev–Trinajstić information content (AvgIpc) is 3.03. The minimum atomic E-state index is -0.493. The molecule has 0 radical (unpaired) electrons. The van der Waals surface area contributed by atoms with Crippen LogP contribution in [-0.4, -0.2) is 29.0 Å². The maximum atomic E-state index is 12.9. The fraction of sp³-hybridized carbons (Fsp3) is 0.312. The molecule has 0 bridgehead atoms. The van der Waals surface area contributed by atoms with Crippen molar-refractivity contribution in [3.05, 3.63) is 63.2 Å². The van der Waals surface area contributed by atoms with Crippen molar-refractivity contribution >= 4 is 23.0 Å². The van der Waals surface area contributed by atoms with E-state index in [2.05, 4.69) is 15.2 Å². The van der Waals surface area contributed by atoms with Crippen molar-refractivity contribution in [2.45, 2.75) is 19.0 Å². The van der Waals surface area contributed by atoms with Gasteiger partial charge in [-0.2, -0.15) is 4.39 Å². The summed E-state index contributed by atoms with van der Waals surface area (Å²) in [6, 6.07) is 7.71. The van der Waals surface area contributed by atoms with E-state index in [4.69, 9.17) is 11.6 Å². The first-order chi connectivity index (χ1) is 11.5. The third kappa shape index (κ3) is 3.80. The molecule has 0 amide bonds. The van der Waals surface area contributed by atoms with E-state index in [1.165, 1.54) is 24.4 Å². The zero-order valence-corrected chi connectivity index (χ0v) is 13.5. The minimum absolute atomic E-state index is 0.0293. The van der Waals surface area contributed by atoms with Gasteiger partial charge in [0.15, 0.2) is 0 Å². The van der Waals surface area contributed by atoms with Gasteiger partial charge in [-0.25, -0.2) is 4.98 Å². The third-order valence-electron chi connectivity index (χ3n) is 4.09. The van der Waals surface area contributed by atoms with Gasteiger partial charge < -0.3 is 10.2 Å². The highest BCUT2D eigenvalue weighted by Gasteiger charge is 2.23. The van der Waals surface area contributed by atoms with E-state index < -0.39 is 10.9 Å². The van der Waals surface area contributed by atoms with E-state index in [0.29, 0.717) is 17.1 Å². The van der Waals surface area contributed by atoms with E-state index in [-0.39, 0.29) is 11.7 Å². The maximum Gasteiger partial charge on any atom is 0.269 e. The summed E-state index contributed by atoms with van der Waals surface area (Å²) in [5.74, 6) is -0.493. The van der Waals surface area contributed by atoms with Crippen molar-refractivity contribution in [3.8, 4) is 0 Å². The Balaban J connectivity index is 1.59. The highest BCUT2D eigenvalue weighted by Crippen LogP contribution is 2.23. The van der Waals surface area contributed by atoms with Crippen LogP contribution in [0.2, 0.25) is 5.02 Å². The maximum absolute atomic E-state index is 12.9. The second-order valence-electron chi connectivity index (χ2n) is 5.68. The molecule has 1 saturated heterocycles. The number of nitro groups is 1. The van der Waals surface area contributed by atoms with E-state index in [0.717, 1.165) is 25.2 Å². The lowest BCUT2D eigenvalue weighted by atomic mass is 10.1. The summed E-state index contributed by atoms with van der Waals surface area (Å²) < 4.78 is 12.9. The summed E-state index contributed by atoms with van der Waals surface area (Å²) in [6.07, 6.45) is 2.44. The molecule has 1 aliphatic heterocycles. The van der Waals surface area contributed by atoms with Crippen LogP contribution in [0.25, 0.3) is 0 Å². The van der Waals surface area contributed by atoms with E-state index >= 15 is 0 Å². The van der Waals surface area contributed by atoms with Crippen LogP contribution in [0.4, 0.5) is 15.8 Å². The molecule has 24 heavy (non-hydrogen) atoms. The van der Waals surface area contributed by atoms with Crippen molar-refractivity contribution in [1.82, 2.24) is 10.3 Å². The number of aromatic nitrogens is 1. The number of non-ortho nitro benzene ring substituents is 1. The second-order valence-corrected chi connectivity index (χ2v) is 6.09. The monoisotopic (exact) mass is 350 g/mol. The molecule has 1 atom stereocenters. The highest BCUT2D eigenvalue weighted by molar-refractivity contribution is 6.31. The first-order valence-corrected chi connectivity index (χ1v) is 7.93. The smallest absolute Gasteiger partial charge is 0.269 e. The lowest BCUT2D eigenvalue weighted by Crippen LogP contribution is -2.32. The van der Waals surface area contributed by atoms with Crippen LogP contribution in [-0.2, 0) is 6.54 Å². The molecule has 2 aromatic rings. The van der Waals surface area contributed by atoms with E-state index in [9.17, 15) is 14.5 Å². The Labute approximate surface area is 143 Å². The van der Waals surface area contributed by atoms with Crippen molar-refractivity contribution in [3.63, 3.8) is 0 Å². The van der Waals surface area contributed by atoms with Crippen molar-refractivity contribution in [1.29, 1.82) is 0 Å². The summed E-state index contributed by atoms with van der Waals surface area (Å²) in [6.45, 7) is 2.06. The Morgan fingerprint density at radius 3 is 2.96 bits per heavy atom. The molecular formula is C16H16ClFN4O2. The van der Waals surface area contributed by atoms with Gasteiger partial charge in [0.1, 0.15) is 0 Å². The number of nitro benzene ring substituents is 1. The molecule has 3 rings (SSSR count). The first-order valence-electron chi connectivity index (χ1n) is 7.55. The van der Waals surface area contributed by atoms with Crippen LogP contribution in [0.3, 0.4) is 0 Å². The van der Waals surface area contributed by atoms with Gasteiger partial charge in [0, 0.05) is 42.8 Å². The van der Waals surface area contributed by atoms with Crippen molar-refractivity contribution in [2.24, 2.45) is 0 Å². The largest absolute Gasteiger partial charge is 0.369 e. The predicted octanol–water partition coefficient (Wildman–Crippen LogP) is 3.15. The number of halogens is 2. The molecule has 6 nitrogen and oxygen atoms in total. The standard InChI is InChI=1S/C16H16ClFN4O2/c17-15-3-1-13(22(23)24)7-11(15)8-19-12-5-6-21(10-12)14-2-4-16(18)20-9-14/h1-4,7,9,12,19H,5-6,8,10H2/t12-/m0/s1. The highest BCUT2D eigenvalue weighted by atomic mass is 35.5. The number of hydrogen-bond donors (Lipinski definition) is 1. The topological polar surface area (TPSA) is 71.3 Å². The third-order valence-corrected chi connectivity index (χ3v) is 4.46. The summed E-state index contributed by atoms with van der Waals surface area (Å²) in [7, 11) is 0. The van der Waals surface area contributed by atoms with E-state index in [1.807, 2.05) is 0 Å². The minimum Gasteiger partial charge on any atom is -0.369 e. The molecule has 1 aromatic carbocycles. The Morgan fingerprint density at radius 1 is 1.42 bits per heavy atom. The predicted molar refractivity (Wildman–Crippen MR) is 89.8 cm³/mol. The molecule has 1 fully saturated rings. The molecule has 0 aliphatic carbocycles. The van der Waals surface area contributed by atoms with Gasteiger partial charge in [-0.3, -0.25) is 10.1 Å². The Morgan fingerprint density at radius 2 is 2.25 bits per heavy atom. The normalized spacial score (nSPS) is 17.2. The molecule has 0 unspecified atom stereocenters. The molecule has 1 aromatic heterocycles. The number of hydrogen-bond acceptors (Lipinski definition) is 5. The van der Waals surface area contributed by atoms with Crippen LogP contribution >= 0.6 is 11.6 Å². The van der Waals surface area contributed by atoms with Crippen LogP contribution in [0.1, 0.15) is 12.0 Å². The summed E-state index contributed by atoms with van der Waals surface area (Å²) in [4.78, 5) is 16.2. The lowest BCUT2D eigenvalue weighted by molar-refractivity contribution is -0.384. The van der Waals surface area contributed by atoms with Crippen LogP contribution in [0, 0.1) is 16.1 Å². The Bertz CT molecular complexity index is 741. The van der Waals surface area contributed by atoms with Gasteiger partial charge >= 0.3 is 0 Å². The SMILES string of the molecule is O=[N+]([O-])c1ccc(Cl)c(CN[C@H]2CCN(c3ccc(F)nc3)C2)c1. The second kappa shape index (κ2) is 7.11.